The highest BCUT2D eigenvalue weighted by Gasteiger charge is 2.06. The van der Waals surface area contributed by atoms with E-state index in [1.54, 1.807) is 6.20 Å². The lowest BCUT2D eigenvalue weighted by atomic mass is 10.4. The number of aromatic hydroxyl groups is 1. The normalized spacial score (nSPS) is 11.4. The summed E-state index contributed by atoms with van der Waals surface area (Å²) in [6.45, 7) is 0. The fraction of sp³-hybridized carbons (Fsp3) is 0. The summed E-state index contributed by atoms with van der Waals surface area (Å²) in [6.07, 6.45) is 2.96. The Balaban J connectivity index is 1.96. The van der Waals surface area contributed by atoms with E-state index in [9.17, 15) is 4.39 Å². The maximum atomic E-state index is 13.0. The van der Waals surface area contributed by atoms with Crippen molar-refractivity contribution in [3.8, 4) is 5.75 Å². The molecule has 19 heavy (non-hydrogen) atoms. The summed E-state index contributed by atoms with van der Waals surface area (Å²) in [5.41, 5.74) is 0.527. The van der Waals surface area contributed by atoms with Gasteiger partial charge < -0.3 is 5.11 Å². The first-order chi connectivity index (χ1) is 9.24. The van der Waals surface area contributed by atoms with Crippen molar-refractivity contribution in [2.45, 2.75) is 0 Å². The van der Waals surface area contributed by atoms with Crippen molar-refractivity contribution in [2.75, 3.05) is 0 Å². The van der Waals surface area contributed by atoms with Crippen molar-refractivity contribution >= 4 is 33.4 Å². The van der Waals surface area contributed by atoms with Gasteiger partial charge in [-0.25, -0.2) is 9.97 Å². The molecule has 0 aliphatic heterocycles. The second-order valence-corrected chi connectivity index (χ2v) is 4.18. The zero-order chi connectivity index (χ0) is 13.2. The van der Waals surface area contributed by atoms with E-state index < -0.39 is 11.7 Å². The van der Waals surface area contributed by atoms with Gasteiger partial charge in [0.05, 0.1) is 5.39 Å². The van der Waals surface area contributed by atoms with Crippen molar-refractivity contribution in [2.24, 2.45) is 10.2 Å². The van der Waals surface area contributed by atoms with Crippen LogP contribution < -0.4 is 0 Å². The van der Waals surface area contributed by atoms with E-state index in [0.717, 1.165) is 17.6 Å². The molecule has 0 amide bonds. The van der Waals surface area contributed by atoms with Crippen molar-refractivity contribution in [1.29, 1.82) is 0 Å². The van der Waals surface area contributed by atoms with Crippen molar-refractivity contribution in [1.82, 2.24) is 19.3 Å². The van der Waals surface area contributed by atoms with E-state index >= 15 is 0 Å². The third kappa shape index (κ3) is 2.22. The van der Waals surface area contributed by atoms with Crippen molar-refractivity contribution < 1.29 is 9.50 Å². The third-order valence-electron chi connectivity index (χ3n) is 2.20. The molecule has 3 aromatic heterocycles. The number of halogens is 1. The number of pyridine rings is 1. The summed E-state index contributed by atoms with van der Waals surface area (Å²) in [6, 6.07) is 2.51. The van der Waals surface area contributed by atoms with Crippen LogP contribution in [0.3, 0.4) is 0 Å². The van der Waals surface area contributed by atoms with Crippen LogP contribution in [0.2, 0.25) is 0 Å². The van der Waals surface area contributed by atoms with Crippen LogP contribution in [0.15, 0.2) is 34.9 Å². The first kappa shape index (κ1) is 11.5. The van der Waals surface area contributed by atoms with Crippen molar-refractivity contribution in [3.05, 3.63) is 30.6 Å². The zero-order valence-electron chi connectivity index (χ0n) is 9.23. The van der Waals surface area contributed by atoms with Crippen LogP contribution in [0.4, 0.5) is 15.2 Å². The molecular weight excluding hydrogens is 271 g/mol. The van der Waals surface area contributed by atoms with Crippen LogP contribution in [0, 0.1) is 5.95 Å². The predicted octanol–water partition coefficient (Wildman–Crippen LogP) is 2.74. The Morgan fingerprint density at radius 2 is 2.16 bits per heavy atom. The Kier molecular flexibility index (Phi) is 2.80. The van der Waals surface area contributed by atoms with Gasteiger partial charge in [0.2, 0.25) is 0 Å². The predicted molar refractivity (Wildman–Crippen MR) is 65.2 cm³/mol. The van der Waals surface area contributed by atoms with E-state index in [1.807, 2.05) is 0 Å². The lowest BCUT2D eigenvalue weighted by molar-refractivity contribution is 0.419. The monoisotopic (exact) mass is 276 g/mol. The van der Waals surface area contributed by atoms with E-state index in [0.29, 0.717) is 16.0 Å². The molecule has 0 aromatic carbocycles. The van der Waals surface area contributed by atoms with Gasteiger partial charge in [-0.3, -0.25) is 0 Å². The molecule has 3 heterocycles. The van der Waals surface area contributed by atoms with Crippen LogP contribution in [-0.2, 0) is 0 Å². The molecule has 0 unspecified atom stereocenters. The minimum absolute atomic E-state index is 0.0497. The number of aromatic nitrogens is 4. The first-order valence-electron chi connectivity index (χ1n) is 5.06. The average Bonchev–Trinajstić information content (AvgIpc) is 2.83. The quantitative estimate of drug-likeness (QED) is 0.573. The summed E-state index contributed by atoms with van der Waals surface area (Å²) in [7, 11) is 0. The molecule has 3 rings (SSSR count). The minimum Gasteiger partial charge on any atom is -0.504 e. The van der Waals surface area contributed by atoms with Gasteiger partial charge in [0, 0.05) is 6.20 Å². The molecule has 0 spiro atoms. The van der Waals surface area contributed by atoms with E-state index in [1.165, 1.54) is 12.4 Å². The van der Waals surface area contributed by atoms with Gasteiger partial charge in [-0.1, -0.05) is 0 Å². The summed E-state index contributed by atoms with van der Waals surface area (Å²) >= 11 is 1.11. The third-order valence-corrected chi connectivity index (χ3v) is 2.94. The van der Waals surface area contributed by atoms with Crippen LogP contribution in [0.5, 0.6) is 5.75 Å². The number of hydrogen-bond acceptors (Lipinski definition) is 8. The second kappa shape index (κ2) is 4.61. The molecule has 0 saturated carbocycles. The topological polar surface area (TPSA) is 96.5 Å². The molecule has 0 aliphatic rings. The highest BCUT2D eigenvalue weighted by molar-refractivity contribution is 7.11. The van der Waals surface area contributed by atoms with Crippen LogP contribution >= 0.6 is 11.5 Å². The standard InChI is InChI=1S/C10H5FN6OS/c11-8-6(18)1-2-7(14-8)15-16-10-5-3-12-4-13-9(5)17-19-10/h1-4,18H. The van der Waals surface area contributed by atoms with Gasteiger partial charge in [-0.2, -0.15) is 13.7 Å². The van der Waals surface area contributed by atoms with Gasteiger partial charge in [-0.05, 0) is 23.7 Å². The fourth-order valence-corrected chi connectivity index (χ4v) is 1.96. The highest BCUT2D eigenvalue weighted by atomic mass is 32.1. The smallest absolute Gasteiger partial charge is 0.257 e. The summed E-state index contributed by atoms with van der Waals surface area (Å²) < 4.78 is 17.1. The molecule has 0 saturated heterocycles. The Morgan fingerprint density at radius 1 is 1.26 bits per heavy atom. The lowest BCUT2D eigenvalue weighted by Gasteiger charge is -1.94. The Morgan fingerprint density at radius 3 is 3.00 bits per heavy atom. The molecular formula is C10H5FN6OS. The van der Waals surface area contributed by atoms with Crippen molar-refractivity contribution in [3.63, 3.8) is 0 Å². The summed E-state index contributed by atoms with van der Waals surface area (Å²) in [4.78, 5) is 11.3. The zero-order valence-corrected chi connectivity index (χ0v) is 10.0. The fourth-order valence-electron chi connectivity index (χ4n) is 1.32. The van der Waals surface area contributed by atoms with Crippen LogP contribution in [-0.4, -0.2) is 24.4 Å². The molecule has 9 heteroatoms. The van der Waals surface area contributed by atoms with Gasteiger partial charge in [0.1, 0.15) is 6.33 Å². The van der Waals surface area contributed by atoms with Gasteiger partial charge in [0.25, 0.3) is 5.95 Å². The molecule has 0 radical (unpaired) electrons. The minimum atomic E-state index is -0.992. The molecule has 0 atom stereocenters. The highest BCUT2D eigenvalue weighted by Crippen LogP contribution is 2.30. The lowest BCUT2D eigenvalue weighted by Crippen LogP contribution is -1.81. The van der Waals surface area contributed by atoms with E-state index in [4.69, 9.17) is 5.11 Å². The maximum absolute atomic E-state index is 13.0. The number of rotatable bonds is 2. The van der Waals surface area contributed by atoms with Crippen LogP contribution in [0.25, 0.3) is 11.0 Å². The van der Waals surface area contributed by atoms with Gasteiger partial charge >= 0.3 is 0 Å². The Hall–Kier alpha value is -2.55. The molecule has 0 aliphatic carbocycles. The second-order valence-electron chi connectivity index (χ2n) is 3.43. The first-order valence-corrected chi connectivity index (χ1v) is 5.84. The largest absolute Gasteiger partial charge is 0.504 e. The maximum Gasteiger partial charge on any atom is 0.257 e. The molecule has 1 N–H and O–H groups in total. The average molecular weight is 276 g/mol. The van der Waals surface area contributed by atoms with Gasteiger partial charge in [0.15, 0.2) is 22.2 Å². The molecule has 3 aromatic rings. The molecule has 0 bridgehead atoms. The van der Waals surface area contributed by atoms with Crippen LogP contribution in [0.1, 0.15) is 0 Å². The SMILES string of the molecule is Oc1ccc(N=Nc2snc3ncncc23)nc1F. The Labute approximate surface area is 109 Å². The molecule has 7 nitrogen and oxygen atoms in total. The van der Waals surface area contributed by atoms with E-state index in [2.05, 4.69) is 29.6 Å². The van der Waals surface area contributed by atoms with Gasteiger partial charge in [-0.15, -0.1) is 10.2 Å². The summed E-state index contributed by atoms with van der Waals surface area (Å²) in [5.74, 6) is -1.47. The molecule has 0 fully saturated rings. The number of hydrogen-bond donors (Lipinski definition) is 1. The van der Waals surface area contributed by atoms with E-state index in [-0.39, 0.29) is 5.82 Å². The number of nitrogens with zero attached hydrogens (tertiary/aromatic N) is 6. The molecule has 94 valence electrons. The Bertz CT molecular complexity index is 774. The number of azo groups is 1. The summed E-state index contributed by atoms with van der Waals surface area (Å²) in [5, 5.41) is 17.9. The number of fused-ring (bicyclic) bond motifs is 1.